The number of nitrogens with one attached hydrogen (secondary N) is 2. The van der Waals surface area contributed by atoms with E-state index >= 15 is 0 Å². The number of aryl methyl sites for hydroxylation is 1. The van der Waals surface area contributed by atoms with Crippen LogP contribution in [0.4, 0.5) is 5.82 Å². The molecule has 2 aromatic rings. The fourth-order valence-corrected chi connectivity index (χ4v) is 3.86. The first kappa shape index (κ1) is 19.5. The number of benzene rings is 1. The Hall–Kier alpha value is -3.27. The Balaban J connectivity index is 1.60. The number of aliphatic imine (C=N–C) groups is 1. The standard InChI is InChI=1S/C18H19N5O4S/c1-12-7-8-19-15(9-12)21-16(24)11-23(2)17(25)10-20-18-13-5-3-4-6-14(13)28(26,27)22-18/h3-9H,10-11H2,1-2H3,(H,20,22)(H,19,21,24). The number of nitrogens with zero attached hydrogens (tertiary/aromatic N) is 3. The number of fused-ring (bicyclic) bond motifs is 1. The van der Waals surface area contributed by atoms with Crippen LogP contribution in [0.3, 0.4) is 0 Å². The highest BCUT2D eigenvalue weighted by Gasteiger charge is 2.30. The van der Waals surface area contributed by atoms with Crippen LogP contribution in [0.25, 0.3) is 0 Å². The Kier molecular flexibility index (Phi) is 5.41. The maximum atomic E-state index is 12.3. The molecule has 0 radical (unpaired) electrons. The van der Waals surface area contributed by atoms with Crippen molar-refractivity contribution in [3.8, 4) is 0 Å². The van der Waals surface area contributed by atoms with Crippen molar-refractivity contribution in [1.82, 2.24) is 14.6 Å². The molecule has 1 aliphatic rings. The van der Waals surface area contributed by atoms with Crippen LogP contribution < -0.4 is 10.0 Å². The van der Waals surface area contributed by atoms with Gasteiger partial charge in [0.1, 0.15) is 18.2 Å². The molecule has 3 rings (SSSR count). The van der Waals surface area contributed by atoms with E-state index in [1.54, 1.807) is 36.5 Å². The lowest BCUT2D eigenvalue weighted by molar-refractivity contribution is -0.132. The van der Waals surface area contributed by atoms with Crippen LogP contribution in [0.1, 0.15) is 11.1 Å². The summed E-state index contributed by atoms with van der Waals surface area (Å²) in [6, 6.07) is 9.91. The van der Waals surface area contributed by atoms with Crippen LogP contribution >= 0.6 is 0 Å². The third-order valence-electron chi connectivity index (χ3n) is 4.02. The second-order valence-corrected chi connectivity index (χ2v) is 7.93. The van der Waals surface area contributed by atoms with Crippen molar-refractivity contribution in [2.75, 3.05) is 25.5 Å². The molecular formula is C18H19N5O4S. The zero-order chi connectivity index (χ0) is 20.3. The Morgan fingerprint density at radius 2 is 2.00 bits per heavy atom. The van der Waals surface area contributed by atoms with Gasteiger partial charge in [-0.3, -0.25) is 19.3 Å². The number of pyridine rings is 1. The van der Waals surface area contributed by atoms with Gasteiger partial charge < -0.3 is 10.2 Å². The lowest BCUT2D eigenvalue weighted by atomic mass is 10.2. The lowest BCUT2D eigenvalue weighted by Crippen LogP contribution is -2.36. The zero-order valence-electron chi connectivity index (χ0n) is 15.3. The highest BCUT2D eigenvalue weighted by atomic mass is 32.2. The molecule has 0 bridgehead atoms. The summed E-state index contributed by atoms with van der Waals surface area (Å²) in [5.41, 5.74) is 1.37. The average Bonchev–Trinajstić information content (AvgIpc) is 2.90. The molecule has 2 amide bonds. The summed E-state index contributed by atoms with van der Waals surface area (Å²) in [6.07, 6.45) is 1.58. The molecular weight excluding hydrogens is 382 g/mol. The van der Waals surface area contributed by atoms with E-state index in [0.717, 1.165) is 5.56 Å². The molecule has 0 spiro atoms. The molecule has 0 fully saturated rings. The number of carbonyl (C=O) groups is 2. The van der Waals surface area contributed by atoms with Gasteiger partial charge in [0.25, 0.3) is 10.0 Å². The van der Waals surface area contributed by atoms with E-state index in [1.165, 1.54) is 18.0 Å². The second-order valence-electron chi connectivity index (χ2n) is 6.28. The smallest absolute Gasteiger partial charge is 0.263 e. The molecule has 1 aliphatic heterocycles. The maximum absolute atomic E-state index is 12.3. The average molecular weight is 401 g/mol. The molecule has 1 aromatic heterocycles. The highest BCUT2D eigenvalue weighted by Crippen LogP contribution is 2.22. The van der Waals surface area contributed by atoms with Crippen LogP contribution in [0, 0.1) is 6.92 Å². The predicted molar refractivity (Wildman–Crippen MR) is 103 cm³/mol. The largest absolute Gasteiger partial charge is 0.335 e. The van der Waals surface area contributed by atoms with E-state index in [2.05, 4.69) is 20.0 Å². The van der Waals surface area contributed by atoms with Crippen LogP contribution in [-0.4, -0.2) is 56.1 Å². The topological polar surface area (TPSA) is 121 Å². The normalized spacial score (nSPS) is 15.6. The van der Waals surface area contributed by atoms with Gasteiger partial charge in [-0.05, 0) is 36.8 Å². The fourth-order valence-electron chi connectivity index (χ4n) is 2.61. The van der Waals surface area contributed by atoms with Gasteiger partial charge in [0.15, 0.2) is 0 Å². The third kappa shape index (κ3) is 4.34. The Bertz CT molecular complexity index is 1070. The first-order valence-corrected chi connectivity index (χ1v) is 9.88. The van der Waals surface area contributed by atoms with Crippen molar-refractivity contribution >= 4 is 33.5 Å². The Labute approximate surface area is 162 Å². The predicted octanol–water partition coefficient (Wildman–Crippen LogP) is 0.526. The number of amidine groups is 1. The molecule has 146 valence electrons. The minimum Gasteiger partial charge on any atom is -0.335 e. The summed E-state index contributed by atoms with van der Waals surface area (Å²) in [4.78, 5) is 33.8. The van der Waals surface area contributed by atoms with Gasteiger partial charge in [-0.2, -0.15) is 0 Å². The maximum Gasteiger partial charge on any atom is 0.263 e. The summed E-state index contributed by atoms with van der Waals surface area (Å²) >= 11 is 0. The van der Waals surface area contributed by atoms with Crippen LogP contribution in [0.2, 0.25) is 0 Å². The van der Waals surface area contributed by atoms with Gasteiger partial charge in [0.05, 0.1) is 11.4 Å². The summed E-state index contributed by atoms with van der Waals surface area (Å²) in [5, 5.41) is 2.62. The minimum absolute atomic E-state index is 0.116. The van der Waals surface area contributed by atoms with Gasteiger partial charge in [0.2, 0.25) is 11.8 Å². The van der Waals surface area contributed by atoms with Gasteiger partial charge >= 0.3 is 0 Å². The zero-order valence-corrected chi connectivity index (χ0v) is 16.2. The third-order valence-corrected chi connectivity index (χ3v) is 5.42. The van der Waals surface area contributed by atoms with Crippen molar-refractivity contribution in [2.45, 2.75) is 11.8 Å². The number of anilines is 1. The number of hydrogen-bond acceptors (Lipinski definition) is 6. The molecule has 0 saturated heterocycles. The first-order valence-electron chi connectivity index (χ1n) is 8.39. The lowest BCUT2D eigenvalue weighted by Gasteiger charge is -2.15. The fraction of sp³-hybridized carbons (Fsp3) is 0.222. The number of aromatic nitrogens is 1. The monoisotopic (exact) mass is 401 g/mol. The molecule has 28 heavy (non-hydrogen) atoms. The summed E-state index contributed by atoms with van der Waals surface area (Å²) in [6.45, 7) is 1.40. The summed E-state index contributed by atoms with van der Waals surface area (Å²) in [7, 11) is -2.19. The van der Waals surface area contributed by atoms with Crippen molar-refractivity contribution < 1.29 is 18.0 Å². The molecule has 0 atom stereocenters. The summed E-state index contributed by atoms with van der Waals surface area (Å²) in [5.74, 6) is -0.300. The van der Waals surface area contributed by atoms with E-state index in [1.807, 2.05) is 6.92 Å². The van der Waals surface area contributed by atoms with Gasteiger partial charge in [0, 0.05) is 18.8 Å². The number of sulfonamides is 1. The SMILES string of the molecule is Cc1ccnc(NC(=O)CN(C)C(=O)CN=C2NS(=O)(=O)c3ccccc32)c1. The Morgan fingerprint density at radius 1 is 1.25 bits per heavy atom. The van der Waals surface area contributed by atoms with Crippen molar-refractivity contribution in [3.63, 3.8) is 0 Å². The van der Waals surface area contributed by atoms with Crippen molar-refractivity contribution in [3.05, 3.63) is 53.7 Å². The van der Waals surface area contributed by atoms with Crippen LogP contribution in [-0.2, 0) is 19.6 Å². The molecule has 0 aliphatic carbocycles. The van der Waals surface area contributed by atoms with E-state index in [9.17, 15) is 18.0 Å². The molecule has 10 heteroatoms. The van der Waals surface area contributed by atoms with Crippen molar-refractivity contribution in [2.24, 2.45) is 4.99 Å². The highest BCUT2D eigenvalue weighted by molar-refractivity contribution is 7.90. The Morgan fingerprint density at radius 3 is 2.75 bits per heavy atom. The molecule has 0 unspecified atom stereocenters. The van der Waals surface area contributed by atoms with E-state index in [-0.39, 0.29) is 23.8 Å². The minimum atomic E-state index is -3.66. The first-order chi connectivity index (χ1) is 13.3. The van der Waals surface area contributed by atoms with Crippen molar-refractivity contribution in [1.29, 1.82) is 0 Å². The molecule has 1 aromatic carbocycles. The number of carbonyl (C=O) groups excluding carboxylic acids is 2. The number of rotatable bonds is 5. The molecule has 9 nitrogen and oxygen atoms in total. The van der Waals surface area contributed by atoms with Crippen LogP contribution in [0.5, 0.6) is 0 Å². The van der Waals surface area contributed by atoms with Gasteiger partial charge in [-0.15, -0.1) is 0 Å². The van der Waals surface area contributed by atoms with E-state index in [4.69, 9.17) is 0 Å². The van der Waals surface area contributed by atoms with E-state index in [0.29, 0.717) is 11.4 Å². The van der Waals surface area contributed by atoms with E-state index < -0.39 is 21.8 Å². The van der Waals surface area contributed by atoms with Gasteiger partial charge in [-0.25, -0.2) is 13.4 Å². The second kappa shape index (κ2) is 7.77. The molecule has 0 saturated carbocycles. The number of hydrogen-bond donors (Lipinski definition) is 2. The number of amides is 2. The summed E-state index contributed by atoms with van der Waals surface area (Å²) < 4.78 is 26.4. The van der Waals surface area contributed by atoms with Crippen LogP contribution in [0.15, 0.2) is 52.5 Å². The molecule has 2 N–H and O–H groups in total. The molecule has 2 heterocycles. The quantitative estimate of drug-likeness (QED) is 0.757. The van der Waals surface area contributed by atoms with Gasteiger partial charge in [-0.1, -0.05) is 12.1 Å². The number of likely N-dealkylation sites (N-methyl/N-ethyl adjacent to an activating group) is 1.